The monoisotopic (exact) mass is 345 g/mol. The molecule has 0 aliphatic heterocycles. The van der Waals surface area contributed by atoms with Gasteiger partial charge in [-0.1, -0.05) is 16.8 Å². The fourth-order valence-corrected chi connectivity index (χ4v) is 2.85. The van der Waals surface area contributed by atoms with Gasteiger partial charge < -0.3 is 14.9 Å². The van der Waals surface area contributed by atoms with Crippen LogP contribution in [0.3, 0.4) is 0 Å². The van der Waals surface area contributed by atoms with Crippen LogP contribution in [-0.2, 0) is 14.8 Å². The first-order chi connectivity index (χ1) is 10.4. The molecule has 0 aliphatic carbocycles. The number of rotatable bonds is 6. The van der Waals surface area contributed by atoms with Crippen LogP contribution in [0.15, 0.2) is 46.0 Å². The molecule has 10 heteroatoms. The highest BCUT2D eigenvalue weighted by molar-refractivity contribution is 7.89. The average Bonchev–Trinajstić information content (AvgIpc) is 2.98. The standard InChI is InChI=1S/C12H12ClN3O5S/c13-8-1-3-9(4-2-8)22(19,20)16-10(7-17)12(18)14-11-5-6-21-15-11/h1-6,10,16-17H,7H2,(H,14,15,18). The fourth-order valence-electron chi connectivity index (χ4n) is 1.53. The van der Waals surface area contributed by atoms with Crippen LogP contribution in [-0.4, -0.2) is 37.2 Å². The van der Waals surface area contributed by atoms with Crippen molar-refractivity contribution in [2.24, 2.45) is 0 Å². The van der Waals surface area contributed by atoms with Crippen molar-refractivity contribution in [2.75, 3.05) is 11.9 Å². The van der Waals surface area contributed by atoms with E-state index in [1.807, 2.05) is 0 Å². The van der Waals surface area contributed by atoms with Crippen molar-refractivity contribution in [3.05, 3.63) is 41.6 Å². The van der Waals surface area contributed by atoms with Gasteiger partial charge in [-0.2, -0.15) is 4.72 Å². The molecule has 0 spiro atoms. The van der Waals surface area contributed by atoms with Crippen LogP contribution in [0, 0.1) is 0 Å². The third-order valence-corrected chi connectivity index (χ3v) is 4.35. The maximum absolute atomic E-state index is 12.1. The van der Waals surface area contributed by atoms with Gasteiger partial charge in [-0.25, -0.2) is 8.42 Å². The predicted molar refractivity (Wildman–Crippen MR) is 77.8 cm³/mol. The summed E-state index contributed by atoms with van der Waals surface area (Å²) in [6, 6.07) is 5.37. The zero-order valence-corrected chi connectivity index (χ0v) is 12.6. The Morgan fingerprint density at radius 2 is 2.00 bits per heavy atom. The van der Waals surface area contributed by atoms with E-state index in [1.54, 1.807) is 0 Å². The minimum Gasteiger partial charge on any atom is -0.394 e. The third-order valence-electron chi connectivity index (χ3n) is 2.61. The highest BCUT2D eigenvalue weighted by atomic mass is 35.5. The average molecular weight is 346 g/mol. The van der Waals surface area contributed by atoms with Crippen molar-refractivity contribution < 1.29 is 22.8 Å². The number of sulfonamides is 1. The summed E-state index contributed by atoms with van der Waals surface area (Å²) in [5.41, 5.74) is 0. The summed E-state index contributed by atoms with van der Waals surface area (Å²) in [5.74, 6) is -0.664. The minimum absolute atomic E-state index is 0.0791. The Morgan fingerprint density at radius 3 is 2.55 bits per heavy atom. The van der Waals surface area contributed by atoms with E-state index in [1.165, 1.54) is 36.6 Å². The summed E-state index contributed by atoms with van der Waals surface area (Å²) in [6.07, 6.45) is 1.24. The number of nitrogens with one attached hydrogen (secondary N) is 2. The Hall–Kier alpha value is -1.94. The molecule has 0 radical (unpaired) electrons. The van der Waals surface area contributed by atoms with E-state index in [-0.39, 0.29) is 10.7 Å². The van der Waals surface area contributed by atoms with Gasteiger partial charge in [0.25, 0.3) is 0 Å². The Balaban J connectivity index is 2.11. The van der Waals surface area contributed by atoms with Crippen LogP contribution in [0.5, 0.6) is 0 Å². The number of carbonyl (C=O) groups is 1. The predicted octanol–water partition coefficient (Wildman–Crippen LogP) is 0.606. The molecule has 2 rings (SSSR count). The normalized spacial score (nSPS) is 12.8. The molecule has 118 valence electrons. The van der Waals surface area contributed by atoms with Crippen LogP contribution in [0.4, 0.5) is 5.82 Å². The van der Waals surface area contributed by atoms with Gasteiger partial charge in [-0.05, 0) is 24.3 Å². The molecule has 0 bridgehead atoms. The number of hydrogen-bond acceptors (Lipinski definition) is 6. The van der Waals surface area contributed by atoms with Gasteiger partial charge in [-0.3, -0.25) is 4.79 Å². The second kappa shape index (κ2) is 6.88. The molecule has 1 atom stereocenters. The van der Waals surface area contributed by atoms with Crippen molar-refractivity contribution in [1.29, 1.82) is 0 Å². The molecular weight excluding hydrogens is 334 g/mol. The first kappa shape index (κ1) is 16.4. The molecule has 1 amide bonds. The van der Waals surface area contributed by atoms with Crippen LogP contribution in [0.25, 0.3) is 0 Å². The lowest BCUT2D eigenvalue weighted by atomic mass is 10.3. The molecule has 8 nitrogen and oxygen atoms in total. The lowest BCUT2D eigenvalue weighted by Gasteiger charge is -2.15. The Bertz CT molecular complexity index is 731. The van der Waals surface area contributed by atoms with E-state index in [4.69, 9.17) is 11.6 Å². The van der Waals surface area contributed by atoms with Gasteiger partial charge in [-0.15, -0.1) is 0 Å². The number of aliphatic hydroxyl groups excluding tert-OH is 1. The number of aliphatic hydroxyl groups is 1. The quantitative estimate of drug-likeness (QED) is 0.705. The number of carbonyl (C=O) groups excluding carboxylic acids is 1. The lowest BCUT2D eigenvalue weighted by Crippen LogP contribution is -2.46. The topological polar surface area (TPSA) is 122 Å². The second-order valence-corrected chi connectivity index (χ2v) is 6.33. The van der Waals surface area contributed by atoms with Crippen LogP contribution < -0.4 is 10.0 Å². The van der Waals surface area contributed by atoms with E-state index < -0.39 is 28.6 Å². The third kappa shape index (κ3) is 4.04. The summed E-state index contributed by atoms with van der Waals surface area (Å²) in [6.45, 7) is -0.726. The van der Waals surface area contributed by atoms with Crippen molar-refractivity contribution in [3.8, 4) is 0 Å². The Labute approximate surface area is 131 Å². The Morgan fingerprint density at radius 1 is 1.32 bits per heavy atom. The van der Waals surface area contributed by atoms with Gasteiger partial charge in [0, 0.05) is 11.1 Å². The molecule has 22 heavy (non-hydrogen) atoms. The highest BCUT2D eigenvalue weighted by Crippen LogP contribution is 2.14. The largest absolute Gasteiger partial charge is 0.394 e. The molecule has 1 aromatic carbocycles. The maximum atomic E-state index is 12.1. The number of aromatic nitrogens is 1. The second-order valence-electron chi connectivity index (χ2n) is 4.18. The molecule has 0 saturated carbocycles. The molecule has 1 aromatic heterocycles. The van der Waals surface area contributed by atoms with Crippen molar-refractivity contribution >= 4 is 33.3 Å². The first-order valence-electron chi connectivity index (χ1n) is 6.02. The molecule has 2 aromatic rings. The zero-order valence-electron chi connectivity index (χ0n) is 11.1. The summed E-state index contributed by atoms with van der Waals surface area (Å²) in [4.78, 5) is 11.8. The number of hydrogen-bond donors (Lipinski definition) is 3. The van der Waals surface area contributed by atoms with Crippen LogP contribution in [0.2, 0.25) is 5.02 Å². The van der Waals surface area contributed by atoms with Crippen LogP contribution in [0.1, 0.15) is 0 Å². The van der Waals surface area contributed by atoms with Gasteiger partial charge in [0.05, 0.1) is 11.5 Å². The summed E-state index contributed by atoms with van der Waals surface area (Å²) < 4.78 is 30.9. The molecule has 1 unspecified atom stereocenters. The first-order valence-corrected chi connectivity index (χ1v) is 7.88. The van der Waals surface area contributed by atoms with Gasteiger partial charge in [0.1, 0.15) is 12.3 Å². The summed E-state index contributed by atoms with van der Waals surface area (Å²) in [7, 11) is -3.99. The van der Waals surface area contributed by atoms with Gasteiger partial charge >= 0.3 is 0 Å². The zero-order chi connectivity index (χ0) is 16.2. The molecular formula is C12H12ClN3O5S. The Kier molecular flexibility index (Phi) is 5.14. The molecule has 0 aliphatic rings. The number of nitrogens with zero attached hydrogens (tertiary/aromatic N) is 1. The molecule has 0 fully saturated rings. The SMILES string of the molecule is O=C(Nc1ccon1)C(CO)NS(=O)(=O)c1ccc(Cl)cc1. The van der Waals surface area contributed by atoms with E-state index in [0.717, 1.165) is 0 Å². The molecule has 1 heterocycles. The molecule has 0 saturated heterocycles. The van der Waals surface area contributed by atoms with Gasteiger partial charge in [0.15, 0.2) is 5.82 Å². The number of amides is 1. The van der Waals surface area contributed by atoms with E-state index in [2.05, 4.69) is 19.7 Å². The smallest absolute Gasteiger partial charge is 0.246 e. The van der Waals surface area contributed by atoms with Crippen molar-refractivity contribution in [3.63, 3.8) is 0 Å². The number of benzene rings is 1. The maximum Gasteiger partial charge on any atom is 0.246 e. The molecule has 3 N–H and O–H groups in total. The fraction of sp³-hybridized carbons (Fsp3) is 0.167. The highest BCUT2D eigenvalue weighted by Gasteiger charge is 2.25. The minimum atomic E-state index is -3.99. The van der Waals surface area contributed by atoms with E-state index in [9.17, 15) is 18.3 Å². The van der Waals surface area contributed by atoms with Gasteiger partial charge in [0.2, 0.25) is 15.9 Å². The summed E-state index contributed by atoms with van der Waals surface area (Å²) in [5, 5.41) is 15.4. The summed E-state index contributed by atoms with van der Waals surface area (Å²) >= 11 is 5.69. The number of halogens is 1. The van der Waals surface area contributed by atoms with E-state index >= 15 is 0 Å². The van der Waals surface area contributed by atoms with Crippen molar-refractivity contribution in [2.45, 2.75) is 10.9 Å². The van der Waals surface area contributed by atoms with Crippen molar-refractivity contribution in [1.82, 2.24) is 9.88 Å². The lowest BCUT2D eigenvalue weighted by molar-refractivity contribution is -0.118. The van der Waals surface area contributed by atoms with E-state index in [0.29, 0.717) is 5.02 Å². The van der Waals surface area contributed by atoms with Crippen LogP contribution >= 0.6 is 11.6 Å². The number of anilines is 1.